The highest BCUT2D eigenvalue weighted by atomic mass is 16.2. The largest absolute Gasteiger partial charge is 0.343 e. The lowest BCUT2D eigenvalue weighted by Crippen LogP contribution is -2.26. The first kappa shape index (κ1) is 12.3. The molecule has 1 amide bonds. The van der Waals surface area contributed by atoms with E-state index in [4.69, 9.17) is 0 Å². The third-order valence-corrected chi connectivity index (χ3v) is 3.13. The second-order valence-corrected chi connectivity index (χ2v) is 4.64. The van der Waals surface area contributed by atoms with Crippen molar-refractivity contribution in [2.24, 2.45) is 0 Å². The van der Waals surface area contributed by atoms with E-state index in [1.165, 1.54) is 0 Å². The van der Waals surface area contributed by atoms with Crippen molar-refractivity contribution >= 4 is 17.1 Å². The topological polar surface area (TPSA) is 61.9 Å². The van der Waals surface area contributed by atoms with E-state index < -0.39 is 0 Å². The SMILES string of the molecule is CN(Cc1ccccc1)C(=O)c1cnc2nc[nH]c2c1. The Hall–Kier alpha value is -2.69. The minimum Gasteiger partial charge on any atom is -0.343 e. The maximum atomic E-state index is 12.4. The second kappa shape index (κ2) is 5.13. The normalized spacial score (nSPS) is 10.7. The van der Waals surface area contributed by atoms with Gasteiger partial charge in [0.25, 0.3) is 5.91 Å². The Kier molecular flexibility index (Phi) is 3.16. The lowest BCUT2D eigenvalue weighted by molar-refractivity contribution is 0.0785. The van der Waals surface area contributed by atoms with E-state index in [1.807, 2.05) is 30.3 Å². The third-order valence-electron chi connectivity index (χ3n) is 3.13. The molecule has 0 fully saturated rings. The van der Waals surface area contributed by atoms with Crippen LogP contribution in [0.1, 0.15) is 15.9 Å². The number of hydrogen-bond acceptors (Lipinski definition) is 3. The molecule has 5 nitrogen and oxygen atoms in total. The minimum absolute atomic E-state index is 0.0575. The van der Waals surface area contributed by atoms with E-state index in [2.05, 4.69) is 15.0 Å². The first-order valence-corrected chi connectivity index (χ1v) is 6.32. The van der Waals surface area contributed by atoms with Gasteiger partial charge in [-0.25, -0.2) is 9.97 Å². The molecular formula is C15H14N4O. The van der Waals surface area contributed by atoms with Gasteiger partial charge in [-0.15, -0.1) is 0 Å². The maximum absolute atomic E-state index is 12.4. The summed E-state index contributed by atoms with van der Waals surface area (Å²) in [7, 11) is 1.78. The molecule has 0 aliphatic heterocycles. The van der Waals surface area contributed by atoms with Gasteiger partial charge in [-0.2, -0.15) is 0 Å². The third kappa shape index (κ3) is 2.38. The van der Waals surface area contributed by atoms with Gasteiger partial charge >= 0.3 is 0 Å². The van der Waals surface area contributed by atoms with E-state index in [0.717, 1.165) is 11.1 Å². The van der Waals surface area contributed by atoms with Crippen LogP contribution in [0.2, 0.25) is 0 Å². The van der Waals surface area contributed by atoms with Crippen molar-refractivity contribution in [3.63, 3.8) is 0 Å². The highest BCUT2D eigenvalue weighted by Gasteiger charge is 2.13. The standard InChI is InChI=1S/C15H14N4O/c1-19(9-11-5-3-2-4-6-11)15(20)12-7-13-14(16-8-12)18-10-17-13/h2-8,10H,9H2,1H3,(H,16,17,18). The quantitative estimate of drug-likeness (QED) is 0.790. The summed E-state index contributed by atoms with van der Waals surface area (Å²) < 4.78 is 0. The Balaban J connectivity index is 1.80. The van der Waals surface area contributed by atoms with E-state index in [-0.39, 0.29) is 5.91 Å². The number of hydrogen-bond donors (Lipinski definition) is 1. The average molecular weight is 266 g/mol. The fourth-order valence-electron chi connectivity index (χ4n) is 2.10. The number of rotatable bonds is 3. The van der Waals surface area contributed by atoms with Crippen LogP contribution < -0.4 is 0 Å². The predicted molar refractivity (Wildman–Crippen MR) is 76.1 cm³/mol. The van der Waals surface area contributed by atoms with Gasteiger partial charge in [0.15, 0.2) is 5.65 Å². The zero-order valence-electron chi connectivity index (χ0n) is 11.1. The molecule has 3 rings (SSSR count). The Morgan fingerprint density at radius 1 is 1.25 bits per heavy atom. The number of H-pyrrole nitrogens is 1. The van der Waals surface area contributed by atoms with Crippen molar-refractivity contribution in [2.75, 3.05) is 7.05 Å². The van der Waals surface area contributed by atoms with Gasteiger partial charge in [0.2, 0.25) is 0 Å². The summed E-state index contributed by atoms with van der Waals surface area (Å²) >= 11 is 0. The predicted octanol–water partition coefficient (Wildman–Crippen LogP) is 2.23. The number of carbonyl (C=O) groups excluding carboxylic acids is 1. The van der Waals surface area contributed by atoms with Gasteiger partial charge in [-0.05, 0) is 11.6 Å². The van der Waals surface area contributed by atoms with Gasteiger partial charge in [-0.1, -0.05) is 30.3 Å². The summed E-state index contributed by atoms with van der Waals surface area (Å²) in [6.07, 6.45) is 3.13. The molecule has 0 atom stereocenters. The fourth-order valence-corrected chi connectivity index (χ4v) is 2.10. The number of nitrogens with one attached hydrogen (secondary N) is 1. The number of benzene rings is 1. The number of pyridine rings is 1. The molecule has 0 unspecified atom stereocenters. The summed E-state index contributed by atoms with van der Waals surface area (Å²) in [6.45, 7) is 0.570. The lowest BCUT2D eigenvalue weighted by Gasteiger charge is -2.17. The number of fused-ring (bicyclic) bond motifs is 1. The number of aromatic amines is 1. The van der Waals surface area contributed by atoms with Crippen LogP contribution in [0, 0.1) is 0 Å². The van der Waals surface area contributed by atoms with Crippen LogP contribution in [0.4, 0.5) is 0 Å². The van der Waals surface area contributed by atoms with Crippen molar-refractivity contribution in [3.05, 3.63) is 60.0 Å². The molecule has 2 heterocycles. The Morgan fingerprint density at radius 3 is 2.85 bits per heavy atom. The second-order valence-electron chi connectivity index (χ2n) is 4.64. The molecule has 0 aliphatic rings. The molecule has 0 saturated heterocycles. The first-order chi connectivity index (χ1) is 9.74. The molecule has 5 heteroatoms. The summed E-state index contributed by atoms with van der Waals surface area (Å²) in [6, 6.07) is 11.7. The summed E-state index contributed by atoms with van der Waals surface area (Å²) in [4.78, 5) is 25.2. The molecular weight excluding hydrogens is 252 g/mol. The number of imidazole rings is 1. The molecule has 1 aromatic carbocycles. The molecule has 0 saturated carbocycles. The Labute approximate surface area is 116 Å². The number of nitrogens with zero attached hydrogens (tertiary/aromatic N) is 3. The van der Waals surface area contributed by atoms with Crippen LogP contribution >= 0.6 is 0 Å². The first-order valence-electron chi connectivity index (χ1n) is 6.32. The van der Waals surface area contributed by atoms with E-state index in [1.54, 1.807) is 30.5 Å². The van der Waals surface area contributed by atoms with Crippen LogP contribution in [0.25, 0.3) is 11.2 Å². The summed E-state index contributed by atoms with van der Waals surface area (Å²) in [5, 5.41) is 0. The van der Waals surface area contributed by atoms with Gasteiger partial charge in [0, 0.05) is 19.8 Å². The summed E-state index contributed by atoms with van der Waals surface area (Å²) in [5.74, 6) is -0.0575. The maximum Gasteiger partial charge on any atom is 0.255 e. The Bertz CT molecular complexity index is 736. The van der Waals surface area contributed by atoms with Gasteiger partial charge < -0.3 is 9.88 Å². The fraction of sp³-hybridized carbons (Fsp3) is 0.133. The Morgan fingerprint density at radius 2 is 2.05 bits per heavy atom. The van der Waals surface area contributed by atoms with E-state index >= 15 is 0 Å². The van der Waals surface area contributed by atoms with Crippen molar-refractivity contribution in [2.45, 2.75) is 6.54 Å². The molecule has 2 aromatic heterocycles. The van der Waals surface area contributed by atoms with Crippen molar-refractivity contribution in [1.29, 1.82) is 0 Å². The van der Waals surface area contributed by atoms with E-state index in [9.17, 15) is 4.79 Å². The molecule has 1 N–H and O–H groups in total. The highest BCUT2D eigenvalue weighted by molar-refractivity contribution is 5.96. The van der Waals surface area contributed by atoms with Crippen LogP contribution in [0.5, 0.6) is 0 Å². The molecule has 0 spiro atoms. The molecule has 0 aliphatic carbocycles. The van der Waals surface area contributed by atoms with Crippen molar-refractivity contribution < 1.29 is 4.79 Å². The van der Waals surface area contributed by atoms with Crippen LogP contribution in [0.15, 0.2) is 48.9 Å². The number of amides is 1. The van der Waals surface area contributed by atoms with Gasteiger partial charge in [-0.3, -0.25) is 4.79 Å². The smallest absolute Gasteiger partial charge is 0.255 e. The highest BCUT2D eigenvalue weighted by Crippen LogP contribution is 2.12. The minimum atomic E-state index is -0.0575. The molecule has 3 aromatic rings. The molecule has 100 valence electrons. The average Bonchev–Trinajstić information content (AvgIpc) is 2.94. The molecule has 0 radical (unpaired) electrons. The zero-order valence-corrected chi connectivity index (χ0v) is 11.1. The van der Waals surface area contributed by atoms with Crippen molar-refractivity contribution in [3.8, 4) is 0 Å². The van der Waals surface area contributed by atoms with Gasteiger partial charge in [0.05, 0.1) is 17.4 Å². The van der Waals surface area contributed by atoms with Crippen LogP contribution in [-0.2, 0) is 6.54 Å². The lowest BCUT2D eigenvalue weighted by atomic mass is 10.2. The van der Waals surface area contributed by atoms with E-state index in [0.29, 0.717) is 17.8 Å². The number of aromatic nitrogens is 3. The van der Waals surface area contributed by atoms with Crippen LogP contribution in [-0.4, -0.2) is 32.8 Å². The zero-order chi connectivity index (χ0) is 13.9. The number of carbonyl (C=O) groups is 1. The van der Waals surface area contributed by atoms with Crippen LogP contribution in [0.3, 0.4) is 0 Å². The summed E-state index contributed by atoms with van der Waals surface area (Å²) in [5.41, 5.74) is 3.04. The van der Waals surface area contributed by atoms with Gasteiger partial charge in [0.1, 0.15) is 0 Å². The molecule has 20 heavy (non-hydrogen) atoms. The molecule has 0 bridgehead atoms. The monoisotopic (exact) mass is 266 g/mol. The van der Waals surface area contributed by atoms with Crippen molar-refractivity contribution in [1.82, 2.24) is 19.9 Å².